The van der Waals surface area contributed by atoms with Gasteiger partial charge in [0.05, 0.1) is 17.5 Å². The lowest BCUT2D eigenvalue weighted by Gasteiger charge is -2.43. The molecule has 1 aliphatic rings. The first kappa shape index (κ1) is 34.7. The molecule has 17 heteroatoms. The van der Waals surface area contributed by atoms with E-state index in [0.29, 0.717) is 17.9 Å². The van der Waals surface area contributed by atoms with E-state index in [0.717, 1.165) is 17.0 Å². The lowest BCUT2D eigenvalue weighted by molar-refractivity contribution is -0.360. The van der Waals surface area contributed by atoms with Crippen LogP contribution in [0.4, 0.5) is 32.4 Å². The van der Waals surface area contributed by atoms with Crippen LogP contribution in [-0.4, -0.2) is 90.6 Å². The second kappa shape index (κ2) is 14.1. The van der Waals surface area contributed by atoms with E-state index >= 15 is 0 Å². The molecule has 12 nitrogen and oxygen atoms in total. The highest BCUT2D eigenvalue weighted by molar-refractivity contribution is 6.11. The number of hydrogen-bond acceptors (Lipinski definition) is 10. The third-order valence-corrected chi connectivity index (χ3v) is 6.90. The van der Waals surface area contributed by atoms with Gasteiger partial charge in [0.2, 0.25) is 12.2 Å². The summed E-state index contributed by atoms with van der Waals surface area (Å²) in [5.41, 5.74) is 0.930. The first-order valence-electron chi connectivity index (χ1n) is 13.8. The summed E-state index contributed by atoms with van der Waals surface area (Å²) in [5, 5.41) is 4.29. The maximum absolute atomic E-state index is 13.2. The van der Waals surface area contributed by atoms with Crippen LogP contribution in [0, 0.1) is 0 Å². The Bertz CT molecular complexity index is 1490. The van der Waals surface area contributed by atoms with Crippen LogP contribution in [0.3, 0.4) is 0 Å². The average Bonchev–Trinajstić information content (AvgIpc) is 3.48. The third kappa shape index (κ3) is 7.43. The van der Waals surface area contributed by atoms with Gasteiger partial charge in [-0.05, 0) is 62.4 Å². The molecule has 0 spiro atoms. The van der Waals surface area contributed by atoms with Crippen molar-refractivity contribution in [1.29, 1.82) is 0 Å². The zero-order chi connectivity index (χ0) is 33.8. The van der Waals surface area contributed by atoms with Gasteiger partial charge >= 0.3 is 18.4 Å². The third-order valence-electron chi connectivity index (χ3n) is 6.90. The normalized spacial score (nSPS) is 21.9. The van der Waals surface area contributed by atoms with Crippen molar-refractivity contribution < 1.29 is 60.0 Å². The van der Waals surface area contributed by atoms with E-state index in [1.807, 2.05) is 0 Å². The lowest BCUT2D eigenvalue weighted by Crippen LogP contribution is -2.60. The van der Waals surface area contributed by atoms with Gasteiger partial charge in [0.15, 0.2) is 5.82 Å². The van der Waals surface area contributed by atoms with E-state index in [1.54, 1.807) is 26.0 Å². The Balaban J connectivity index is 1.47. The Kier molecular flexibility index (Phi) is 10.6. The van der Waals surface area contributed by atoms with Crippen molar-refractivity contribution in [3.05, 3.63) is 54.9 Å². The fraction of sp³-hybridized carbons (Fsp3) is 0.448. The van der Waals surface area contributed by atoms with Gasteiger partial charge in [0, 0.05) is 33.3 Å². The summed E-state index contributed by atoms with van der Waals surface area (Å²) in [4.78, 5) is 30.8. The number of nitrogens with zero attached hydrogens (tertiary/aromatic N) is 4. The van der Waals surface area contributed by atoms with Gasteiger partial charge in [0.25, 0.3) is 0 Å². The summed E-state index contributed by atoms with van der Waals surface area (Å²) in [6.07, 6.45) is -14.7. The molecule has 46 heavy (non-hydrogen) atoms. The predicted molar refractivity (Wildman–Crippen MR) is 149 cm³/mol. The molecule has 5 atom stereocenters. The molecule has 0 aliphatic carbocycles. The lowest BCUT2D eigenvalue weighted by atomic mass is 9.99. The fourth-order valence-electron chi connectivity index (χ4n) is 4.74. The SMILES string of the molecule is CCOC1C(OC)C(C)OC(OC(=O)N(C(C)=O)c2ccc(-c3ncn(-c4ccc(OC(F)(F)C(F)(F)F)cc4)n3)cc2)C1OC. The van der Waals surface area contributed by atoms with Crippen LogP contribution in [0.2, 0.25) is 0 Å². The van der Waals surface area contributed by atoms with Crippen LogP contribution in [0.5, 0.6) is 5.75 Å². The Morgan fingerprint density at radius 1 is 0.957 bits per heavy atom. The Morgan fingerprint density at radius 3 is 2.13 bits per heavy atom. The maximum atomic E-state index is 13.2. The van der Waals surface area contributed by atoms with Crippen molar-refractivity contribution in [1.82, 2.24) is 14.8 Å². The molecule has 0 N–H and O–H groups in total. The molecule has 1 aromatic heterocycles. The molecule has 1 saturated heterocycles. The Labute approximate surface area is 259 Å². The molecule has 2 aromatic carbocycles. The number of halogens is 5. The van der Waals surface area contributed by atoms with Gasteiger partial charge in [-0.15, -0.1) is 5.10 Å². The molecule has 1 aliphatic heterocycles. The van der Waals surface area contributed by atoms with Crippen molar-refractivity contribution in [3.63, 3.8) is 0 Å². The van der Waals surface area contributed by atoms with Crippen molar-refractivity contribution in [2.45, 2.75) is 63.8 Å². The topological polar surface area (TPSA) is 123 Å². The van der Waals surface area contributed by atoms with Gasteiger partial charge in [-0.1, -0.05) is 0 Å². The number of alkyl halides is 5. The monoisotopic (exact) mass is 658 g/mol. The number of carbonyl (C=O) groups excluding carboxylic acids is 2. The number of methoxy groups -OCH3 is 2. The number of ether oxygens (including phenoxy) is 6. The van der Waals surface area contributed by atoms with E-state index in [2.05, 4.69) is 14.8 Å². The van der Waals surface area contributed by atoms with Gasteiger partial charge < -0.3 is 28.4 Å². The van der Waals surface area contributed by atoms with Crippen LogP contribution >= 0.6 is 0 Å². The van der Waals surface area contributed by atoms with Crippen molar-refractivity contribution >= 4 is 17.7 Å². The number of hydrogen-bond donors (Lipinski definition) is 0. The number of aromatic nitrogens is 3. The largest absolute Gasteiger partial charge is 0.499 e. The highest BCUT2D eigenvalue weighted by Crippen LogP contribution is 2.37. The van der Waals surface area contributed by atoms with Crippen LogP contribution in [0.1, 0.15) is 20.8 Å². The fourth-order valence-corrected chi connectivity index (χ4v) is 4.74. The van der Waals surface area contributed by atoms with Crippen molar-refractivity contribution in [2.75, 3.05) is 25.7 Å². The molecule has 4 rings (SSSR count). The quantitative estimate of drug-likeness (QED) is 0.271. The number of rotatable bonds is 10. The molecular formula is C29H31F5N4O8. The second-order valence-electron chi connectivity index (χ2n) is 9.94. The van der Waals surface area contributed by atoms with Crippen LogP contribution < -0.4 is 9.64 Å². The summed E-state index contributed by atoms with van der Waals surface area (Å²) in [7, 11) is 2.91. The number of imide groups is 1. The van der Waals surface area contributed by atoms with Crippen LogP contribution in [-0.2, 0) is 28.5 Å². The summed E-state index contributed by atoms with van der Waals surface area (Å²) in [5.74, 6) is -1.14. The van der Waals surface area contributed by atoms with Gasteiger partial charge in [-0.3, -0.25) is 4.79 Å². The summed E-state index contributed by atoms with van der Waals surface area (Å²) >= 11 is 0. The summed E-state index contributed by atoms with van der Waals surface area (Å²) in [6.45, 7) is 5.05. The van der Waals surface area contributed by atoms with E-state index in [1.165, 1.54) is 56.4 Å². The Hall–Kier alpha value is -4.19. The van der Waals surface area contributed by atoms with Crippen molar-refractivity contribution in [3.8, 4) is 22.8 Å². The maximum Gasteiger partial charge on any atom is 0.499 e. The zero-order valence-electron chi connectivity index (χ0n) is 25.2. The van der Waals surface area contributed by atoms with E-state index < -0.39 is 60.7 Å². The molecule has 2 amide bonds. The molecular weight excluding hydrogens is 627 g/mol. The molecule has 250 valence electrons. The highest BCUT2D eigenvalue weighted by atomic mass is 19.4. The molecule has 1 fully saturated rings. The molecule has 3 aromatic rings. The predicted octanol–water partition coefficient (Wildman–Crippen LogP) is 5.14. The van der Waals surface area contributed by atoms with Gasteiger partial charge in [-0.25, -0.2) is 19.4 Å². The number of amides is 2. The first-order chi connectivity index (χ1) is 21.7. The smallest absolute Gasteiger partial charge is 0.426 e. The van der Waals surface area contributed by atoms with Crippen molar-refractivity contribution in [2.24, 2.45) is 0 Å². The number of carbonyl (C=O) groups is 2. The first-order valence-corrected chi connectivity index (χ1v) is 13.8. The average molecular weight is 659 g/mol. The van der Waals surface area contributed by atoms with E-state index in [-0.39, 0.29) is 11.5 Å². The summed E-state index contributed by atoms with van der Waals surface area (Å²) < 4.78 is 96.9. The van der Waals surface area contributed by atoms with Gasteiger partial charge in [-0.2, -0.15) is 22.0 Å². The minimum Gasteiger partial charge on any atom is -0.426 e. The molecule has 0 saturated carbocycles. The van der Waals surface area contributed by atoms with Crippen LogP contribution in [0.25, 0.3) is 17.1 Å². The van der Waals surface area contributed by atoms with Gasteiger partial charge in [0.1, 0.15) is 30.4 Å². The number of benzene rings is 2. The molecule has 0 bridgehead atoms. The minimum absolute atomic E-state index is 0.167. The number of anilines is 1. The van der Waals surface area contributed by atoms with E-state index in [4.69, 9.17) is 23.7 Å². The Morgan fingerprint density at radius 2 is 1.59 bits per heavy atom. The zero-order valence-corrected chi connectivity index (χ0v) is 25.2. The van der Waals surface area contributed by atoms with E-state index in [9.17, 15) is 31.5 Å². The molecule has 0 radical (unpaired) electrons. The molecule has 2 heterocycles. The minimum atomic E-state index is -5.87. The molecule has 5 unspecified atom stereocenters. The highest BCUT2D eigenvalue weighted by Gasteiger charge is 2.61. The second-order valence-corrected chi connectivity index (χ2v) is 9.94. The summed E-state index contributed by atoms with van der Waals surface area (Å²) in [6, 6.07) is 10.3. The van der Waals surface area contributed by atoms with Crippen LogP contribution in [0.15, 0.2) is 54.9 Å². The standard InChI is InChI=1S/C29H31F5N4O8/c1-6-43-23-22(41-4)16(2)44-26(24(23)42-5)45-27(40)38(17(3)39)20-9-7-18(8-10-20)25-35-15-37(36-25)19-11-13-21(14-12-19)46-29(33,34)28(30,31)32/h7-16,22-24,26H,6H2,1-5H3.